The van der Waals surface area contributed by atoms with Crippen molar-refractivity contribution in [3.8, 4) is 6.07 Å². The maximum absolute atomic E-state index is 12.1. The third kappa shape index (κ3) is 4.05. The standard InChI is InChI=1S/C14H17NO3S/c15-9-13(12-5-2-1-3-6-12)10-19(16,17)11-14-7-4-8-18-14/h1-3,5-6,13-14H,4,7-8,10-11H2. The molecule has 0 radical (unpaired) electrons. The highest BCUT2D eigenvalue weighted by molar-refractivity contribution is 7.91. The Balaban J connectivity index is 2.03. The van der Waals surface area contributed by atoms with Crippen molar-refractivity contribution in [3.05, 3.63) is 35.9 Å². The first-order valence-electron chi connectivity index (χ1n) is 6.37. The normalized spacial score (nSPS) is 20.9. The molecule has 2 atom stereocenters. The van der Waals surface area contributed by atoms with Crippen molar-refractivity contribution in [2.75, 3.05) is 18.1 Å². The third-order valence-electron chi connectivity index (χ3n) is 3.24. The van der Waals surface area contributed by atoms with Gasteiger partial charge in [-0.05, 0) is 18.4 Å². The van der Waals surface area contributed by atoms with Gasteiger partial charge in [0.05, 0.1) is 29.6 Å². The van der Waals surface area contributed by atoms with E-state index in [0.29, 0.717) is 6.61 Å². The Labute approximate surface area is 113 Å². The fourth-order valence-electron chi connectivity index (χ4n) is 2.27. The number of hydrogen-bond acceptors (Lipinski definition) is 4. The van der Waals surface area contributed by atoms with Gasteiger partial charge in [0.25, 0.3) is 0 Å². The molecule has 2 unspecified atom stereocenters. The molecule has 0 amide bonds. The van der Waals surface area contributed by atoms with Gasteiger partial charge in [-0.2, -0.15) is 5.26 Å². The van der Waals surface area contributed by atoms with Gasteiger partial charge in [0.15, 0.2) is 9.84 Å². The molecule has 19 heavy (non-hydrogen) atoms. The molecule has 1 fully saturated rings. The first-order chi connectivity index (χ1) is 9.11. The molecule has 1 saturated heterocycles. The molecule has 102 valence electrons. The second-order valence-electron chi connectivity index (χ2n) is 4.80. The largest absolute Gasteiger partial charge is 0.377 e. The minimum atomic E-state index is -3.27. The highest BCUT2D eigenvalue weighted by Crippen LogP contribution is 2.20. The van der Waals surface area contributed by atoms with Crippen LogP contribution < -0.4 is 0 Å². The predicted molar refractivity (Wildman–Crippen MR) is 72.4 cm³/mol. The van der Waals surface area contributed by atoms with Gasteiger partial charge in [0.2, 0.25) is 0 Å². The van der Waals surface area contributed by atoms with Gasteiger partial charge < -0.3 is 4.74 Å². The van der Waals surface area contributed by atoms with Crippen LogP contribution in [0.25, 0.3) is 0 Å². The van der Waals surface area contributed by atoms with E-state index >= 15 is 0 Å². The number of sulfone groups is 1. The SMILES string of the molecule is N#CC(CS(=O)(=O)CC1CCCO1)c1ccccc1. The lowest BCUT2D eigenvalue weighted by Gasteiger charge is -2.13. The molecule has 1 aliphatic rings. The summed E-state index contributed by atoms with van der Waals surface area (Å²) in [5.74, 6) is -0.710. The Morgan fingerprint density at radius 3 is 2.68 bits per heavy atom. The second kappa shape index (κ2) is 6.18. The van der Waals surface area contributed by atoms with E-state index in [1.165, 1.54) is 0 Å². The van der Waals surface area contributed by atoms with E-state index in [4.69, 9.17) is 10.00 Å². The van der Waals surface area contributed by atoms with Crippen molar-refractivity contribution in [2.24, 2.45) is 0 Å². The van der Waals surface area contributed by atoms with Crippen molar-refractivity contribution in [1.82, 2.24) is 0 Å². The fraction of sp³-hybridized carbons (Fsp3) is 0.500. The second-order valence-corrected chi connectivity index (χ2v) is 6.96. The van der Waals surface area contributed by atoms with Gasteiger partial charge in [-0.1, -0.05) is 30.3 Å². The predicted octanol–water partition coefficient (Wildman–Crippen LogP) is 1.89. The maximum atomic E-state index is 12.1. The van der Waals surface area contributed by atoms with E-state index in [1.54, 1.807) is 12.1 Å². The van der Waals surface area contributed by atoms with Gasteiger partial charge in [0.1, 0.15) is 0 Å². The van der Waals surface area contributed by atoms with Crippen LogP contribution in [-0.4, -0.2) is 32.6 Å². The molecule has 0 saturated carbocycles. The summed E-state index contributed by atoms with van der Waals surface area (Å²) in [6.07, 6.45) is 1.52. The highest BCUT2D eigenvalue weighted by Gasteiger charge is 2.26. The Bertz CT molecular complexity index is 542. The molecule has 1 aromatic rings. The zero-order chi connectivity index (χ0) is 13.7. The summed E-state index contributed by atoms with van der Waals surface area (Å²) in [5, 5.41) is 9.16. The van der Waals surface area contributed by atoms with Crippen LogP contribution >= 0.6 is 0 Å². The van der Waals surface area contributed by atoms with Gasteiger partial charge in [-0.3, -0.25) is 0 Å². The lowest BCUT2D eigenvalue weighted by molar-refractivity contribution is 0.127. The Morgan fingerprint density at radius 1 is 1.37 bits per heavy atom. The Morgan fingerprint density at radius 2 is 2.11 bits per heavy atom. The summed E-state index contributed by atoms with van der Waals surface area (Å²) >= 11 is 0. The van der Waals surface area contributed by atoms with Crippen LogP contribution in [0.2, 0.25) is 0 Å². The van der Waals surface area contributed by atoms with E-state index in [-0.39, 0.29) is 17.6 Å². The van der Waals surface area contributed by atoms with E-state index in [2.05, 4.69) is 6.07 Å². The number of ether oxygens (including phenoxy) is 1. The van der Waals surface area contributed by atoms with Gasteiger partial charge >= 0.3 is 0 Å². The van der Waals surface area contributed by atoms with Crippen molar-refractivity contribution in [2.45, 2.75) is 24.9 Å². The van der Waals surface area contributed by atoms with Crippen LogP contribution in [0.15, 0.2) is 30.3 Å². The molecule has 0 bridgehead atoms. The summed E-state index contributed by atoms with van der Waals surface area (Å²) in [6, 6.07) is 11.1. The van der Waals surface area contributed by atoms with Crippen molar-refractivity contribution < 1.29 is 13.2 Å². The van der Waals surface area contributed by atoms with Gasteiger partial charge in [-0.15, -0.1) is 0 Å². The topological polar surface area (TPSA) is 67.2 Å². The highest BCUT2D eigenvalue weighted by atomic mass is 32.2. The summed E-state index contributed by atoms with van der Waals surface area (Å²) < 4.78 is 29.5. The zero-order valence-electron chi connectivity index (χ0n) is 10.7. The van der Waals surface area contributed by atoms with Crippen molar-refractivity contribution in [1.29, 1.82) is 5.26 Å². The van der Waals surface area contributed by atoms with Crippen LogP contribution in [0, 0.1) is 11.3 Å². The number of nitrogens with zero attached hydrogens (tertiary/aromatic N) is 1. The molecule has 0 N–H and O–H groups in total. The summed E-state index contributed by atoms with van der Waals surface area (Å²) in [7, 11) is -3.27. The van der Waals surface area contributed by atoms with Crippen LogP contribution in [0.3, 0.4) is 0 Å². The van der Waals surface area contributed by atoms with Crippen molar-refractivity contribution >= 4 is 9.84 Å². The Hall–Kier alpha value is -1.38. The molecule has 5 heteroatoms. The molecule has 1 aromatic carbocycles. The lowest BCUT2D eigenvalue weighted by Crippen LogP contribution is -2.25. The molecule has 1 aliphatic heterocycles. The molecule has 0 spiro atoms. The first-order valence-corrected chi connectivity index (χ1v) is 8.19. The van der Waals surface area contributed by atoms with E-state index in [0.717, 1.165) is 18.4 Å². The number of hydrogen-bond donors (Lipinski definition) is 0. The van der Waals surface area contributed by atoms with Crippen LogP contribution in [0.4, 0.5) is 0 Å². The van der Waals surface area contributed by atoms with Crippen LogP contribution in [0.5, 0.6) is 0 Å². The molecular weight excluding hydrogens is 262 g/mol. The average Bonchev–Trinajstić information content (AvgIpc) is 2.89. The summed E-state index contributed by atoms with van der Waals surface area (Å²) in [5.41, 5.74) is 0.751. The molecule has 1 heterocycles. The smallest absolute Gasteiger partial charge is 0.154 e. The van der Waals surface area contributed by atoms with E-state index in [9.17, 15) is 8.42 Å². The number of nitriles is 1. The number of rotatable bonds is 5. The average molecular weight is 279 g/mol. The van der Waals surface area contributed by atoms with Crippen molar-refractivity contribution in [3.63, 3.8) is 0 Å². The molecule has 4 nitrogen and oxygen atoms in total. The fourth-order valence-corrected chi connectivity index (χ4v) is 4.01. The minimum absolute atomic E-state index is 0.0258. The zero-order valence-corrected chi connectivity index (χ0v) is 11.5. The first kappa shape index (κ1) is 14.0. The van der Waals surface area contributed by atoms with Gasteiger partial charge in [0, 0.05) is 6.61 Å². The molecule has 2 rings (SSSR count). The number of benzene rings is 1. The molecular formula is C14H17NO3S. The van der Waals surface area contributed by atoms with Crippen LogP contribution in [0.1, 0.15) is 24.3 Å². The maximum Gasteiger partial charge on any atom is 0.154 e. The third-order valence-corrected chi connectivity index (χ3v) is 4.96. The Kier molecular flexibility index (Phi) is 4.56. The quantitative estimate of drug-likeness (QED) is 0.825. The van der Waals surface area contributed by atoms with Crippen LogP contribution in [-0.2, 0) is 14.6 Å². The van der Waals surface area contributed by atoms with E-state index < -0.39 is 15.8 Å². The summed E-state index contributed by atoms with van der Waals surface area (Å²) in [4.78, 5) is 0. The molecule has 0 aromatic heterocycles. The minimum Gasteiger partial charge on any atom is -0.377 e. The summed E-state index contributed by atoms with van der Waals surface area (Å²) in [6.45, 7) is 0.639. The van der Waals surface area contributed by atoms with Gasteiger partial charge in [-0.25, -0.2) is 8.42 Å². The monoisotopic (exact) mass is 279 g/mol. The molecule has 0 aliphatic carbocycles. The van der Waals surface area contributed by atoms with E-state index in [1.807, 2.05) is 18.2 Å². The lowest BCUT2D eigenvalue weighted by atomic mass is 10.0.